The van der Waals surface area contributed by atoms with Gasteiger partial charge in [-0.1, -0.05) is 18.2 Å². The summed E-state index contributed by atoms with van der Waals surface area (Å²) in [5.74, 6) is -6.04. The van der Waals surface area contributed by atoms with Gasteiger partial charge in [0.05, 0.1) is 18.2 Å². The number of hydrogen-bond donors (Lipinski definition) is 5. The van der Waals surface area contributed by atoms with Gasteiger partial charge in [-0.3, -0.25) is 19.3 Å². The van der Waals surface area contributed by atoms with Crippen LogP contribution in [0.2, 0.25) is 0 Å². The summed E-state index contributed by atoms with van der Waals surface area (Å²) in [6.45, 7) is 2.40. The molecular formula is C29H30N2O8. The SMILES string of the molecule is CCOc1ccc(-c2ccc(O)c3c2C[C@@H]2C[C@@H]4[C@@H](N(C)C)C(=O)C(C(N)=O)=C(O)[C@]4(O)C(=O)C2=C3O)cc1. The Hall–Kier alpha value is -4.15. The van der Waals surface area contributed by atoms with Crippen molar-refractivity contribution in [3.05, 3.63) is 64.4 Å². The molecule has 2 aromatic carbocycles. The van der Waals surface area contributed by atoms with E-state index in [4.69, 9.17) is 10.5 Å². The van der Waals surface area contributed by atoms with Crippen molar-refractivity contribution in [2.45, 2.75) is 31.4 Å². The second-order valence-electron chi connectivity index (χ2n) is 10.4. The molecule has 1 amide bonds. The van der Waals surface area contributed by atoms with Gasteiger partial charge >= 0.3 is 0 Å². The minimum Gasteiger partial charge on any atom is -0.508 e. The number of ether oxygens (including phenoxy) is 1. The highest BCUT2D eigenvalue weighted by atomic mass is 16.5. The lowest BCUT2D eigenvalue weighted by Crippen LogP contribution is -2.65. The van der Waals surface area contributed by atoms with Crippen LogP contribution in [0.1, 0.15) is 24.5 Å². The summed E-state index contributed by atoms with van der Waals surface area (Å²) < 4.78 is 5.52. The molecule has 0 saturated heterocycles. The molecular weight excluding hydrogens is 504 g/mol. The van der Waals surface area contributed by atoms with E-state index in [2.05, 4.69) is 0 Å². The number of phenols is 1. The van der Waals surface area contributed by atoms with Gasteiger partial charge in [0.25, 0.3) is 5.91 Å². The molecule has 1 saturated carbocycles. The van der Waals surface area contributed by atoms with Gasteiger partial charge in [0, 0.05) is 11.5 Å². The first-order valence-electron chi connectivity index (χ1n) is 12.7. The van der Waals surface area contributed by atoms with Crippen LogP contribution in [-0.2, 0) is 20.8 Å². The Morgan fingerprint density at radius 2 is 1.77 bits per heavy atom. The number of phenolic OH excluding ortho intramolecular Hbond substituents is 1. The summed E-state index contributed by atoms with van der Waals surface area (Å²) in [4.78, 5) is 40.7. The lowest BCUT2D eigenvalue weighted by atomic mass is 9.57. The Balaban J connectivity index is 1.69. The number of Topliss-reactive ketones (excluding diaryl/α,β-unsaturated/α-hetero) is 2. The normalized spacial score (nSPS) is 26.3. The quantitative estimate of drug-likeness (QED) is 0.360. The van der Waals surface area contributed by atoms with Crippen molar-refractivity contribution in [1.82, 2.24) is 4.90 Å². The van der Waals surface area contributed by atoms with E-state index in [-0.39, 0.29) is 29.7 Å². The fourth-order valence-corrected chi connectivity index (χ4v) is 6.41. The number of hydrogen-bond acceptors (Lipinski definition) is 9. The Morgan fingerprint density at radius 1 is 1.10 bits per heavy atom. The summed E-state index contributed by atoms with van der Waals surface area (Å²) >= 11 is 0. The van der Waals surface area contributed by atoms with E-state index in [0.717, 1.165) is 11.1 Å². The third-order valence-corrected chi connectivity index (χ3v) is 8.08. The number of primary amides is 1. The highest BCUT2D eigenvalue weighted by molar-refractivity contribution is 6.24. The first-order valence-corrected chi connectivity index (χ1v) is 12.7. The molecule has 4 atom stereocenters. The lowest BCUT2D eigenvalue weighted by Gasteiger charge is -2.50. The number of carbonyl (C=O) groups excluding carboxylic acids is 3. The van der Waals surface area contributed by atoms with E-state index in [0.29, 0.717) is 17.9 Å². The Morgan fingerprint density at radius 3 is 2.36 bits per heavy atom. The maximum atomic E-state index is 13.9. The smallest absolute Gasteiger partial charge is 0.255 e. The van der Waals surface area contributed by atoms with Crippen LogP contribution in [0.3, 0.4) is 0 Å². The largest absolute Gasteiger partial charge is 0.508 e. The minimum absolute atomic E-state index is 0.0319. The summed E-state index contributed by atoms with van der Waals surface area (Å²) in [7, 11) is 3.13. The number of fused-ring (bicyclic) bond motifs is 3. The number of benzene rings is 2. The minimum atomic E-state index is -2.66. The first-order chi connectivity index (χ1) is 18.4. The average Bonchev–Trinajstić information content (AvgIpc) is 2.87. The second kappa shape index (κ2) is 9.25. The molecule has 3 aliphatic carbocycles. The molecule has 6 N–H and O–H groups in total. The highest BCUT2D eigenvalue weighted by Gasteiger charge is 2.64. The van der Waals surface area contributed by atoms with Crippen molar-refractivity contribution in [2.24, 2.45) is 17.6 Å². The van der Waals surface area contributed by atoms with Crippen LogP contribution in [-0.4, -0.2) is 75.1 Å². The molecule has 0 aromatic heterocycles. The third kappa shape index (κ3) is 3.74. The molecule has 0 aliphatic heterocycles. The van der Waals surface area contributed by atoms with Crippen LogP contribution in [0.25, 0.3) is 16.9 Å². The van der Waals surface area contributed by atoms with Crippen molar-refractivity contribution in [1.29, 1.82) is 0 Å². The number of likely N-dealkylation sites (N-methyl/N-ethyl adjacent to an activating group) is 1. The molecule has 0 spiro atoms. The number of amides is 1. The molecule has 0 bridgehead atoms. The maximum absolute atomic E-state index is 13.9. The van der Waals surface area contributed by atoms with Crippen LogP contribution in [0.5, 0.6) is 11.5 Å². The molecule has 0 heterocycles. The summed E-state index contributed by atoms with van der Waals surface area (Å²) in [5, 5.41) is 44.7. The first kappa shape index (κ1) is 26.5. The average molecular weight is 535 g/mol. The topological polar surface area (TPSA) is 171 Å². The van der Waals surface area contributed by atoms with Gasteiger partial charge < -0.3 is 30.9 Å². The number of rotatable bonds is 5. The van der Waals surface area contributed by atoms with Crippen LogP contribution in [0.4, 0.5) is 0 Å². The van der Waals surface area contributed by atoms with E-state index in [9.17, 15) is 34.8 Å². The zero-order valence-corrected chi connectivity index (χ0v) is 21.8. The fraction of sp³-hybridized carbons (Fsp3) is 0.345. The molecule has 5 rings (SSSR count). The Bertz CT molecular complexity index is 1470. The molecule has 10 heteroatoms. The Kier molecular flexibility index (Phi) is 6.27. The van der Waals surface area contributed by atoms with Gasteiger partial charge in [-0.2, -0.15) is 0 Å². The van der Waals surface area contributed by atoms with Gasteiger partial charge in [-0.15, -0.1) is 0 Å². The van der Waals surface area contributed by atoms with Gasteiger partial charge in [-0.25, -0.2) is 0 Å². The van der Waals surface area contributed by atoms with Crippen molar-refractivity contribution >= 4 is 23.2 Å². The van der Waals surface area contributed by atoms with Crippen molar-refractivity contribution < 1.29 is 39.5 Å². The fourth-order valence-electron chi connectivity index (χ4n) is 6.41. The van der Waals surface area contributed by atoms with E-state index in [1.807, 2.05) is 31.2 Å². The van der Waals surface area contributed by atoms with Crippen molar-refractivity contribution in [2.75, 3.05) is 20.7 Å². The number of aromatic hydroxyl groups is 1. The number of ketones is 2. The van der Waals surface area contributed by atoms with Gasteiger partial charge in [-0.05, 0) is 74.7 Å². The monoisotopic (exact) mass is 534 g/mol. The van der Waals surface area contributed by atoms with Gasteiger partial charge in [0.1, 0.15) is 28.6 Å². The molecule has 204 valence electrons. The summed E-state index contributed by atoms with van der Waals surface area (Å²) in [6.07, 6.45) is 0.246. The highest BCUT2D eigenvalue weighted by Crippen LogP contribution is 2.53. The number of aliphatic hydroxyl groups is 3. The predicted octanol–water partition coefficient (Wildman–Crippen LogP) is 2.03. The predicted molar refractivity (Wildman–Crippen MR) is 141 cm³/mol. The molecule has 10 nitrogen and oxygen atoms in total. The molecule has 1 fully saturated rings. The number of aliphatic hydroxyl groups excluding tert-OH is 2. The number of carbonyl (C=O) groups is 3. The number of nitrogens with two attached hydrogens (primary N) is 1. The van der Waals surface area contributed by atoms with Crippen molar-refractivity contribution in [3.63, 3.8) is 0 Å². The molecule has 3 aliphatic rings. The van der Waals surface area contributed by atoms with Crippen LogP contribution < -0.4 is 10.5 Å². The van der Waals surface area contributed by atoms with Crippen molar-refractivity contribution in [3.8, 4) is 22.6 Å². The zero-order chi connectivity index (χ0) is 28.4. The third-order valence-electron chi connectivity index (χ3n) is 8.08. The van der Waals surface area contributed by atoms with E-state index in [1.54, 1.807) is 20.2 Å². The van der Waals surface area contributed by atoms with Crippen LogP contribution in [0, 0.1) is 11.8 Å². The summed E-state index contributed by atoms with van der Waals surface area (Å²) in [5.41, 5.74) is 3.87. The molecule has 0 unspecified atom stereocenters. The standard InChI is InChI=1S/C29H30N2O8/c1-4-39-15-7-5-13(6-8-15)16-9-10-19(32)21-17(16)11-14-12-18-23(31(2)3)25(34)22(28(30)37)27(36)29(18,38)26(35)20(14)24(21)33/h5-10,14,18,23,32-33,36,38H,4,11-12H2,1-3H3,(H2,30,37)/t14-,18-,23-,29-/m1/s1. The van der Waals surface area contributed by atoms with Gasteiger partial charge in [0.15, 0.2) is 11.4 Å². The van der Waals surface area contributed by atoms with E-state index >= 15 is 0 Å². The number of nitrogens with zero attached hydrogens (tertiary/aromatic N) is 1. The second-order valence-corrected chi connectivity index (χ2v) is 10.4. The Labute approximate surface area is 224 Å². The summed E-state index contributed by atoms with van der Waals surface area (Å²) in [6, 6.07) is 9.35. The molecule has 0 radical (unpaired) electrons. The van der Waals surface area contributed by atoms with E-state index < -0.39 is 58.0 Å². The molecule has 39 heavy (non-hydrogen) atoms. The van der Waals surface area contributed by atoms with E-state index in [1.165, 1.54) is 11.0 Å². The van der Waals surface area contributed by atoms with Gasteiger partial charge in [0.2, 0.25) is 5.78 Å². The lowest BCUT2D eigenvalue weighted by molar-refractivity contribution is -0.153. The maximum Gasteiger partial charge on any atom is 0.255 e. The zero-order valence-electron chi connectivity index (χ0n) is 21.8. The van der Waals surface area contributed by atoms with Crippen LogP contribution >= 0.6 is 0 Å². The van der Waals surface area contributed by atoms with Crippen LogP contribution in [0.15, 0.2) is 53.3 Å². The molecule has 2 aromatic rings.